The first-order valence-electron chi connectivity index (χ1n) is 15.7. The number of nitrogens with zero attached hydrogens (tertiary/aromatic N) is 2. The molecule has 0 unspecified atom stereocenters. The van der Waals surface area contributed by atoms with Gasteiger partial charge in [0, 0.05) is 45.5 Å². The minimum atomic E-state index is 0.604. The Morgan fingerprint density at radius 2 is 0.851 bits per heavy atom. The normalized spacial score (nSPS) is 11.4. The average molecular weight is 605 g/mol. The van der Waals surface area contributed by atoms with Gasteiger partial charge in [0.25, 0.3) is 0 Å². The Morgan fingerprint density at radius 3 is 1.43 bits per heavy atom. The van der Waals surface area contributed by atoms with Crippen LogP contribution in [0.15, 0.2) is 179 Å². The molecule has 0 saturated heterocycles. The van der Waals surface area contributed by atoms with Crippen LogP contribution >= 0.6 is 0 Å². The van der Waals surface area contributed by atoms with Gasteiger partial charge >= 0.3 is 0 Å². The van der Waals surface area contributed by atoms with Gasteiger partial charge in [0.2, 0.25) is 5.89 Å². The number of benzene rings is 7. The van der Waals surface area contributed by atoms with Crippen LogP contribution in [0.25, 0.3) is 66.7 Å². The molecular formula is C43H28N2O2. The maximum atomic E-state index is 6.48. The summed E-state index contributed by atoms with van der Waals surface area (Å²) in [6, 6.07) is 58.8. The minimum Gasteiger partial charge on any atom is -0.456 e. The van der Waals surface area contributed by atoms with Crippen molar-refractivity contribution in [2.75, 3.05) is 4.90 Å². The van der Waals surface area contributed by atoms with Crippen LogP contribution in [-0.2, 0) is 0 Å². The van der Waals surface area contributed by atoms with Crippen molar-refractivity contribution < 1.29 is 8.83 Å². The molecule has 47 heavy (non-hydrogen) atoms. The van der Waals surface area contributed by atoms with Crippen LogP contribution in [0, 0.1) is 0 Å². The number of rotatable bonds is 6. The summed E-state index contributed by atoms with van der Waals surface area (Å²) in [7, 11) is 0. The minimum absolute atomic E-state index is 0.604. The van der Waals surface area contributed by atoms with Crippen LogP contribution in [0.2, 0.25) is 0 Å². The van der Waals surface area contributed by atoms with Crippen molar-refractivity contribution in [1.82, 2.24) is 4.98 Å². The van der Waals surface area contributed by atoms with Gasteiger partial charge in [0.15, 0.2) is 5.58 Å². The predicted octanol–water partition coefficient (Wildman–Crippen LogP) is 12.2. The summed E-state index contributed by atoms with van der Waals surface area (Å²) in [5.74, 6) is 0.604. The lowest BCUT2D eigenvalue weighted by Gasteiger charge is -2.26. The molecule has 2 aromatic heterocycles. The average Bonchev–Trinajstić information content (AvgIpc) is 3.72. The van der Waals surface area contributed by atoms with Crippen LogP contribution in [0.5, 0.6) is 0 Å². The largest absolute Gasteiger partial charge is 0.456 e. The Morgan fingerprint density at radius 1 is 0.362 bits per heavy atom. The van der Waals surface area contributed by atoms with Crippen molar-refractivity contribution in [1.29, 1.82) is 0 Å². The summed E-state index contributed by atoms with van der Waals surface area (Å²) in [6.07, 6.45) is 0. The van der Waals surface area contributed by atoms with E-state index >= 15 is 0 Å². The second-order valence-corrected chi connectivity index (χ2v) is 11.6. The summed E-state index contributed by atoms with van der Waals surface area (Å²) in [4.78, 5) is 7.06. The predicted molar refractivity (Wildman–Crippen MR) is 192 cm³/mol. The van der Waals surface area contributed by atoms with E-state index < -0.39 is 0 Å². The topological polar surface area (TPSA) is 42.4 Å². The zero-order valence-corrected chi connectivity index (χ0v) is 25.4. The Bertz CT molecular complexity index is 2400. The molecular weight excluding hydrogens is 576 g/mol. The highest BCUT2D eigenvalue weighted by Gasteiger charge is 2.18. The molecule has 0 aliphatic heterocycles. The summed E-state index contributed by atoms with van der Waals surface area (Å²) in [6.45, 7) is 0. The molecule has 0 aliphatic rings. The van der Waals surface area contributed by atoms with Crippen LogP contribution in [0.3, 0.4) is 0 Å². The van der Waals surface area contributed by atoms with Crippen molar-refractivity contribution in [3.8, 4) is 33.7 Å². The van der Waals surface area contributed by atoms with E-state index in [9.17, 15) is 0 Å². The fraction of sp³-hybridized carbons (Fsp3) is 0. The van der Waals surface area contributed by atoms with Crippen molar-refractivity contribution in [2.45, 2.75) is 0 Å². The Balaban J connectivity index is 1.14. The number of aromatic nitrogens is 1. The molecule has 4 heteroatoms. The maximum Gasteiger partial charge on any atom is 0.227 e. The standard InChI is InChI=1S/C43H28N2O2/c1-4-10-29(11-5-1)31-16-20-34(21-17-31)45(35-22-18-32(19-23-35)30-12-6-2-7-13-30)36-24-25-37-38-27-39-42(28-41(38)46-40(37)26-36)47-43(44-39)33-14-8-3-9-15-33/h1-28H. The van der Waals surface area contributed by atoms with E-state index in [2.05, 4.69) is 126 Å². The molecule has 0 N–H and O–H groups in total. The molecule has 9 aromatic rings. The van der Waals surface area contributed by atoms with Crippen LogP contribution < -0.4 is 4.90 Å². The maximum absolute atomic E-state index is 6.48. The SMILES string of the molecule is c1ccc(-c2ccc(N(c3ccc(-c4ccccc4)cc3)c3ccc4c(c3)oc3cc5oc(-c6ccccc6)nc5cc34)cc2)cc1. The molecule has 0 spiro atoms. The highest BCUT2D eigenvalue weighted by atomic mass is 16.4. The van der Waals surface area contributed by atoms with Crippen LogP contribution in [0.1, 0.15) is 0 Å². The van der Waals surface area contributed by atoms with Gasteiger partial charge in [-0.1, -0.05) is 103 Å². The Hall–Kier alpha value is -6.39. The molecule has 0 saturated carbocycles. The lowest BCUT2D eigenvalue weighted by atomic mass is 10.0. The first-order chi connectivity index (χ1) is 23.3. The number of hydrogen-bond acceptors (Lipinski definition) is 4. The van der Waals surface area contributed by atoms with E-state index in [0.29, 0.717) is 11.5 Å². The molecule has 0 radical (unpaired) electrons. The molecule has 0 aliphatic carbocycles. The molecule has 0 bridgehead atoms. The fourth-order valence-electron chi connectivity index (χ4n) is 6.34. The molecule has 9 rings (SSSR count). The first-order valence-corrected chi connectivity index (χ1v) is 15.7. The molecule has 4 nitrogen and oxygen atoms in total. The molecule has 7 aromatic carbocycles. The summed E-state index contributed by atoms with van der Waals surface area (Å²) in [5.41, 5.74) is 11.9. The van der Waals surface area contributed by atoms with Crippen molar-refractivity contribution in [3.05, 3.63) is 170 Å². The van der Waals surface area contributed by atoms with E-state index in [1.54, 1.807) is 0 Å². The zero-order valence-electron chi connectivity index (χ0n) is 25.4. The zero-order chi connectivity index (χ0) is 31.2. The first kappa shape index (κ1) is 27.0. The van der Waals surface area contributed by atoms with Crippen molar-refractivity contribution in [3.63, 3.8) is 0 Å². The van der Waals surface area contributed by atoms with E-state index in [-0.39, 0.29) is 0 Å². The lowest BCUT2D eigenvalue weighted by molar-refractivity contribution is 0.617. The summed E-state index contributed by atoms with van der Waals surface area (Å²) in [5, 5.41) is 2.05. The number of hydrogen-bond donors (Lipinski definition) is 0. The van der Waals surface area contributed by atoms with Gasteiger partial charge in [-0.2, -0.15) is 0 Å². The van der Waals surface area contributed by atoms with Gasteiger partial charge in [-0.25, -0.2) is 4.98 Å². The van der Waals surface area contributed by atoms with E-state index in [1.807, 2.05) is 48.5 Å². The van der Waals surface area contributed by atoms with Crippen molar-refractivity contribution in [2.24, 2.45) is 0 Å². The molecule has 0 fully saturated rings. The third-order valence-corrected chi connectivity index (χ3v) is 8.71. The highest BCUT2D eigenvalue weighted by molar-refractivity contribution is 6.09. The number of furan rings is 1. The van der Waals surface area contributed by atoms with Gasteiger partial charge in [-0.05, 0) is 76.9 Å². The number of anilines is 3. The van der Waals surface area contributed by atoms with Crippen LogP contribution in [0.4, 0.5) is 17.1 Å². The van der Waals surface area contributed by atoms with Gasteiger partial charge in [0.05, 0.1) is 0 Å². The fourth-order valence-corrected chi connectivity index (χ4v) is 6.34. The second-order valence-electron chi connectivity index (χ2n) is 11.6. The molecule has 0 amide bonds. The molecule has 222 valence electrons. The smallest absolute Gasteiger partial charge is 0.227 e. The molecule has 2 heterocycles. The van der Waals surface area contributed by atoms with Crippen molar-refractivity contribution >= 4 is 50.1 Å². The summed E-state index contributed by atoms with van der Waals surface area (Å²) < 4.78 is 12.6. The lowest BCUT2D eigenvalue weighted by Crippen LogP contribution is -2.09. The van der Waals surface area contributed by atoms with Gasteiger partial charge in [0.1, 0.15) is 16.7 Å². The van der Waals surface area contributed by atoms with E-state index in [0.717, 1.165) is 50.1 Å². The Labute approximate surface area is 271 Å². The van der Waals surface area contributed by atoms with E-state index in [1.165, 1.54) is 22.3 Å². The Kier molecular flexibility index (Phi) is 6.43. The quantitative estimate of drug-likeness (QED) is 0.189. The van der Waals surface area contributed by atoms with Gasteiger partial charge in [-0.3, -0.25) is 0 Å². The monoisotopic (exact) mass is 604 g/mol. The molecule has 0 atom stereocenters. The number of oxazole rings is 1. The third-order valence-electron chi connectivity index (χ3n) is 8.71. The number of fused-ring (bicyclic) bond motifs is 4. The second kappa shape index (κ2) is 11.2. The summed E-state index contributed by atoms with van der Waals surface area (Å²) >= 11 is 0. The third kappa shape index (κ3) is 4.93. The van der Waals surface area contributed by atoms with Crippen LogP contribution in [-0.4, -0.2) is 4.98 Å². The van der Waals surface area contributed by atoms with Gasteiger partial charge in [-0.15, -0.1) is 0 Å². The highest BCUT2D eigenvalue weighted by Crippen LogP contribution is 2.40. The van der Waals surface area contributed by atoms with Gasteiger partial charge < -0.3 is 13.7 Å². The van der Waals surface area contributed by atoms with E-state index in [4.69, 9.17) is 13.8 Å².